The molecule has 0 spiro atoms. The van der Waals surface area contributed by atoms with Gasteiger partial charge >= 0.3 is 12.2 Å². The molecule has 2 aliphatic carbocycles. The van der Waals surface area contributed by atoms with Crippen molar-refractivity contribution in [2.24, 2.45) is 23.7 Å². The molecule has 2 unspecified atom stereocenters. The molecule has 298 valence electrons. The van der Waals surface area contributed by atoms with E-state index in [-0.39, 0.29) is 35.7 Å². The molecule has 4 fully saturated rings. The van der Waals surface area contributed by atoms with Gasteiger partial charge in [0, 0.05) is 24.9 Å². The Labute approximate surface area is 318 Å². The summed E-state index contributed by atoms with van der Waals surface area (Å²) >= 11 is 0. The molecule has 0 aromatic carbocycles. The zero-order valence-electron chi connectivity index (χ0n) is 32.9. The Hall–Kier alpha value is -4.10. The highest BCUT2D eigenvalue weighted by Crippen LogP contribution is 2.46. The number of hydrogen-bond acceptors (Lipinski definition) is 10. The largest absolute Gasteiger partial charge is 0.453 e. The van der Waals surface area contributed by atoms with Crippen LogP contribution in [-0.4, -0.2) is 83.2 Å². The quantitative estimate of drug-likeness (QED) is 0.244. The van der Waals surface area contributed by atoms with Crippen molar-refractivity contribution in [3.63, 3.8) is 0 Å². The minimum absolute atomic E-state index is 0.0900. The summed E-state index contributed by atoms with van der Waals surface area (Å²) in [5, 5.41) is 5.41. The highest BCUT2D eigenvalue weighted by molar-refractivity contribution is 5.87. The van der Waals surface area contributed by atoms with Crippen molar-refractivity contribution in [2.45, 2.75) is 141 Å². The van der Waals surface area contributed by atoms with Crippen LogP contribution in [0, 0.1) is 23.7 Å². The Morgan fingerprint density at radius 2 is 1.00 bits per heavy atom. The van der Waals surface area contributed by atoms with Gasteiger partial charge in [0.15, 0.2) is 0 Å². The van der Waals surface area contributed by atoms with E-state index in [4.69, 9.17) is 28.3 Å². The van der Waals surface area contributed by atoms with E-state index < -0.39 is 24.3 Å². The lowest BCUT2D eigenvalue weighted by molar-refractivity contribution is -0.136. The van der Waals surface area contributed by atoms with Crippen LogP contribution in [-0.2, 0) is 19.1 Å². The third-order valence-corrected chi connectivity index (χ3v) is 12.6. The van der Waals surface area contributed by atoms with Crippen molar-refractivity contribution >= 4 is 24.0 Å². The van der Waals surface area contributed by atoms with Crippen LogP contribution in [0.4, 0.5) is 9.59 Å². The van der Waals surface area contributed by atoms with Crippen LogP contribution in [0.1, 0.15) is 152 Å². The van der Waals surface area contributed by atoms with Crippen molar-refractivity contribution in [1.29, 1.82) is 0 Å². The third-order valence-electron chi connectivity index (χ3n) is 12.6. The lowest BCUT2D eigenvalue weighted by atomic mass is 9.68. The van der Waals surface area contributed by atoms with Crippen LogP contribution >= 0.6 is 0 Å². The molecule has 0 radical (unpaired) electrons. The zero-order chi connectivity index (χ0) is 38.5. The Bertz CT molecular complexity index is 1470. The monoisotopic (exact) mass is 752 g/mol. The number of amides is 4. The number of carbonyl (C=O) groups excluding carboxylic acids is 4. The van der Waals surface area contributed by atoms with E-state index in [1.807, 2.05) is 37.5 Å². The topological polar surface area (TPSA) is 169 Å². The van der Waals surface area contributed by atoms with Gasteiger partial charge in [0.1, 0.15) is 36.7 Å². The van der Waals surface area contributed by atoms with Gasteiger partial charge in [-0.05, 0) is 101 Å². The lowest BCUT2D eigenvalue weighted by Gasteiger charge is -2.37. The Balaban J connectivity index is 0.986. The van der Waals surface area contributed by atoms with Crippen LogP contribution in [0.2, 0.25) is 0 Å². The molecular formula is C40H60N6O8. The maximum absolute atomic E-state index is 13.5. The Morgan fingerprint density at radius 1 is 0.630 bits per heavy atom. The number of methoxy groups -OCH3 is 2. The molecule has 4 amide bonds. The van der Waals surface area contributed by atoms with Gasteiger partial charge < -0.3 is 38.7 Å². The molecule has 4 atom stereocenters. The Morgan fingerprint density at radius 3 is 1.33 bits per heavy atom. The van der Waals surface area contributed by atoms with E-state index in [2.05, 4.69) is 10.6 Å². The zero-order valence-corrected chi connectivity index (χ0v) is 32.9. The highest BCUT2D eigenvalue weighted by atomic mass is 16.5. The SMILES string of the molecule is COC(=O)N[C@H](C(=O)N1CCCC1c1nc(C2CCC(C3CCC(c4coc(C5CCCN5C(=O)[C@@H](NC(=O)OC)C(C)C)n4)CC3)CC2)co1)C(C)C. The average Bonchev–Trinajstić information content (AvgIpc) is 4.02. The summed E-state index contributed by atoms with van der Waals surface area (Å²) in [6.07, 6.45) is 14.7. The first-order chi connectivity index (χ1) is 26.0. The lowest BCUT2D eigenvalue weighted by Crippen LogP contribution is -2.51. The molecule has 2 saturated heterocycles. The number of nitrogens with one attached hydrogen (secondary N) is 2. The number of alkyl carbamates (subject to hydrolysis) is 2. The number of nitrogens with zero attached hydrogens (tertiary/aromatic N) is 4. The van der Waals surface area contributed by atoms with Crippen LogP contribution in [0.5, 0.6) is 0 Å². The fraction of sp³-hybridized carbons (Fsp3) is 0.750. The average molecular weight is 753 g/mol. The van der Waals surface area contributed by atoms with Gasteiger partial charge in [-0.15, -0.1) is 0 Å². The van der Waals surface area contributed by atoms with Crippen LogP contribution in [0.25, 0.3) is 0 Å². The minimum atomic E-state index is -0.673. The summed E-state index contributed by atoms with van der Waals surface area (Å²) in [5.74, 6) is 2.85. The van der Waals surface area contributed by atoms with Crippen molar-refractivity contribution in [3.05, 3.63) is 35.7 Å². The van der Waals surface area contributed by atoms with Crippen molar-refractivity contribution in [1.82, 2.24) is 30.4 Å². The molecule has 2 aromatic rings. The van der Waals surface area contributed by atoms with Crippen LogP contribution < -0.4 is 10.6 Å². The van der Waals surface area contributed by atoms with Gasteiger partial charge in [0.2, 0.25) is 23.6 Å². The first-order valence-corrected chi connectivity index (χ1v) is 20.2. The predicted molar refractivity (Wildman–Crippen MR) is 198 cm³/mol. The normalized spacial score (nSPS) is 27.2. The molecule has 4 aliphatic rings. The first-order valence-electron chi connectivity index (χ1n) is 20.2. The summed E-state index contributed by atoms with van der Waals surface area (Å²) in [7, 11) is 2.60. The fourth-order valence-corrected chi connectivity index (χ4v) is 9.39. The number of hydrogen-bond donors (Lipinski definition) is 2. The van der Waals surface area contributed by atoms with Crippen LogP contribution in [0.3, 0.4) is 0 Å². The number of likely N-dealkylation sites (tertiary alicyclic amines) is 2. The summed E-state index contributed by atoms with van der Waals surface area (Å²) in [4.78, 5) is 64.5. The number of ether oxygens (including phenoxy) is 2. The molecule has 4 heterocycles. The van der Waals surface area contributed by atoms with E-state index in [1.54, 1.807) is 12.5 Å². The second-order valence-electron chi connectivity index (χ2n) is 16.5. The van der Waals surface area contributed by atoms with Crippen LogP contribution in [0.15, 0.2) is 21.4 Å². The molecular weight excluding hydrogens is 692 g/mol. The number of carbonyl (C=O) groups is 4. The van der Waals surface area contributed by atoms with E-state index >= 15 is 0 Å². The molecule has 2 aromatic heterocycles. The minimum Gasteiger partial charge on any atom is -0.453 e. The smallest absolute Gasteiger partial charge is 0.407 e. The Kier molecular flexibility index (Phi) is 12.9. The summed E-state index contributed by atoms with van der Waals surface area (Å²) in [6.45, 7) is 8.86. The third kappa shape index (κ3) is 8.72. The standard InChI is InChI=1S/C40H60N6O8/c1-23(2)33(43-39(49)51-5)37(47)45-19-7-9-31(45)35-41-29(21-53-35)27-15-11-25(12-16-27)26-13-17-28(18-14-26)30-22-54-36(42-30)32-10-8-20-46(32)38(48)34(24(3)4)44-40(50)52-6/h21-28,31-34H,7-20H2,1-6H3,(H,43,49)(H,44,50)/t25?,26?,27?,28?,31?,32?,33-,34-/m0/s1. The van der Waals surface area contributed by atoms with E-state index in [0.29, 0.717) is 48.5 Å². The summed E-state index contributed by atoms with van der Waals surface area (Å²) in [5.41, 5.74) is 1.98. The summed E-state index contributed by atoms with van der Waals surface area (Å²) < 4.78 is 21.6. The van der Waals surface area contributed by atoms with Gasteiger partial charge in [0.05, 0.1) is 25.6 Å². The second-order valence-corrected chi connectivity index (χ2v) is 16.5. The molecule has 14 nitrogen and oxygen atoms in total. The predicted octanol–water partition coefficient (Wildman–Crippen LogP) is 7.00. The molecule has 54 heavy (non-hydrogen) atoms. The van der Waals surface area contributed by atoms with Crippen molar-refractivity contribution < 1.29 is 37.5 Å². The van der Waals surface area contributed by atoms with Gasteiger partial charge in [-0.3, -0.25) is 9.59 Å². The van der Waals surface area contributed by atoms with Gasteiger partial charge in [-0.1, -0.05) is 27.7 Å². The van der Waals surface area contributed by atoms with Crippen molar-refractivity contribution in [2.75, 3.05) is 27.3 Å². The van der Waals surface area contributed by atoms with E-state index in [1.165, 1.54) is 39.9 Å². The van der Waals surface area contributed by atoms with Gasteiger partial charge in [-0.2, -0.15) is 0 Å². The fourth-order valence-electron chi connectivity index (χ4n) is 9.39. The van der Waals surface area contributed by atoms with Crippen molar-refractivity contribution in [3.8, 4) is 0 Å². The van der Waals surface area contributed by atoms with Gasteiger partial charge in [-0.25, -0.2) is 19.6 Å². The molecule has 14 heteroatoms. The maximum Gasteiger partial charge on any atom is 0.407 e. The molecule has 2 saturated carbocycles. The molecule has 6 rings (SSSR count). The number of rotatable bonds is 11. The molecule has 2 aliphatic heterocycles. The molecule has 2 N–H and O–H groups in total. The van der Waals surface area contributed by atoms with E-state index in [0.717, 1.165) is 62.8 Å². The van der Waals surface area contributed by atoms with E-state index in [9.17, 15) is 19.2 Å². The highest BCUT2D eigenvalue weighted by Gasteiger charge is 2.41. The first kappa shape index (κ1) is 39.6. The molecule has 0 bridgehead atoms. The second kappa shape index (κ2) is 17.6. The number of oxazole rings is 2. The van der Waals surface area contributed by atoms with Gasteiger partial charge in [0.25, 0.3) is 0 Å². The maximum atomic E-state index is 13.5. The number of aromatic nitrogens is 2. The summed E-state index contributed by atoms with van der Waals surface area (Å²) in [6, 6.07) is -1.81.